The molecule has 4 heteroatoms. The van der Waals surface area contributed by atoms with Crippen molar-refractivity contribution in [2.75, 3.05) is 14.2 Å². The average Bonchev–Trinajstić information content (AvgIpc) is 2.81. The summed E-state index contributed by atoms with van der Waals surface area (Å²) in [7, 11) is 2.87. The standard InChI is InChI=1S/C26H24O4/c1-28-25(18-26(27)29-2)24-11-7-6-10-22(24)15-12-20-13-16-23(17-14-20)30-19-21-8-4-3-5-9-21/h3-18H,19H2,1-2H3. The molecule has 0 spiro atoms. The van der Waals surface area contributed by atoms with Gasteiger partial charge in [-0.05, 0) is 28.8 Å². The Hall–Kier alpha value is -3.79. The van der Waals surface area contributed by atoms with E-state index in [1.807, 2.05) is 91.0 Å². The van der Waals surface area contributed by atoms with Crippen molar-refractivity contribution in [3.8, 4) is 5.75 Å². The Labute approximate surface area is 177 Å². The Bertz CT molecular complexity index is 1020. The van der Waals surface area contributed by atoms with Gasteiger partial charge >= 0.3 is 5.97 Å². The van der Waals surface area contributed by atoms with Crippen LogP contribution in [0.1, 0.15) is 22.3 Å². The molecule has 0 atom stereocenters. The van der Waals surface area contributed by atoms with Crippen molar-refractivity contribution in [3.63, 3.8) is 0 Å². The molecule has 0 amide bonds. The number of benzene rings is 3. The lowest BCUT2D eigenvalue weighted by Crippen LogP contribution is -1.99. The molecule has 0 N–H and O–H groups in total. The zero-order chi connectivity index (χ0) is 21.2. The predicted molar refractivity (Wildman–Crippen MR) is 120 cm³/mol. The Morgan fingerprint density at radius 2 is 1.50 bits per heavy atom. The Morgan fingerprint density at radius 3 is 2.20 bits per heavy atom. The maximum atomic E-state index is 11.6. The lowest BCUT2D eigenvalue weighted by atomic mass is 10.0. The second-order valence-corrected chi connectivity index (χ2v) is 6.50. The second kappa shape index (κ2) is 10.7. The molecule has 152 valence electrons. The van der Waals surface area contributed by atoms with Crippen molar-refractivity contribution in [1.82, 2.24) is 0 Å². The largest absolute Gasteiger partial charge is 0.496 e. The fourth-order valence-corrected chi connectivity index (χ4v) is 2.88. The van der Waals surface area contributed by atoms with E-state index in [0.717, 1.165) is 28.0 Å². The number of hydrogen-bond donors (Lipinski definition) is 0. The Balaban J connectivity index is 1.71. The average molecular weight is 400 g/mol. The number of esters is 1. The molecule has 0 aliphatic carbocycles. The smallest absolute Gasteiger partial charge is 0.334 e. The van der Waals surface area contributed by atoms with Gasteiger partial charge in [-0.15, -0.1) is 0 Å². The second-order valence-electron chi connectivity index (χ2n) is 6.50. The molecular weight excluding hydrogens is 376 g/mol. The number of ether oxygens (including phenoxy) is 3. The summed E-state index contributed by atoms with van der Waals surface area (Å²) in [5, 5.41) is 0. The summed E-state index contributed by atoms with van der Waals surface area (Å²) in [6.45, 7) is 0.537. The summed E-state index contributed by atoms with van der Waals surface area (Å²) in [4.78, 5) is 11.6. The van der Waals surface area contributed by atoms with Crippen molar-refractivity contribution in [2.24, 2.45) is 0 Å². The zero-order valence-electron chi connectivity index (χ0n) is 17.1. The fraction of sp³-hybridized carbons (Fsp3) is 0.115. The van der Waals surface area contributed by atoms with Crippen LogP contribution in [0.3, 0.4) is 0 Å². The zero-order valence-corrected chi connectivity index (χ0v) is 17.1. The van der Waals surface area contributed by atoms with Gasteiger partial charge in [0, 0.05) is 5.56 Å². The molecule has 3 rings (SSSR count). The number of carbonyl (C=O) groups excluding carboxylic acids is 1. The first-order valence-corrected chi connectivity index (χ1v) is 9.57. The highest BCUT2D eigenvalue weighted by Gasteiger charge is 2.08. The van der Waals surface area contributed by atoms with Gasteiger partial charge in [0.25, 0.3) is 0 Å². The van der Waals surface area contributed by atoms with Crippen LogP contribution in [0, 0.1) is 0 Å². The molecule has 3 aromatic carbocycles. The monoisotopic (exact) mass is 400 g/mol. The van der Waals surface area contributed by atoms with Gasteiger partial charge in [0.15, 0.2) is 0 Å². The summed E-state index contributed by atoms with van der Waals surface area (Å²) in [6.07, 6.45) is 5.33. The van der Waals surface area contributed by atoms with Crippen molar-refractivity contribution in [2.45, 2.75) is 6.61 Å². The minimum atomic E-state index is -0.461. The van der Waals surface area contributed by atoms with Gasteiger partial charge in [0.2, 0.25) is 0 Å². The molecule has 0 unspecified atom stereocenters. The van der Waals surface area contributed by atoms with Crippen LogP contribution in [-0.2, 0) is 20.9 Å². The minimum Gasteiger partial charge on any atom is -0.496 e. The number of rotatable bonds is 8. The fourth-order valence-electron chi connectivity index (χ4n) is 2.88. The van der Waals surface area contributed by atoms with E-state index in [1.54, 1.807) is 0 Å². The lowest BCUT2D eigenvalue weighted by Gasteiger charge is -2.09. The van der Waals surface area contributed by atoms with Gasteiger partial charge in [-0.2, -0.15) is 0 Å². The van der Waals surface area contributed by atoms with E-state index < -0.39 is 5.97 Å². The third-order valence-corrected chi connectivity index (χ3v) is 4.48. The lowest BCUT2D eigenvalue weighted by molar-refractivity contribution is -0.134. The van der Waals surface area contributed by atoms with Crippen molar-refractivity contribution < 1.29 is 19.0 Å². The first-order chi connectivity index (χ1) is 14.7. The summed E-state index contributed by atoms with van der Waals surface area (Å²) < 4.78 is 15.9. The molecule has 0 bridgehead atoms. The van der Waals surface area contributed by atoms with Crippen LogP contribution >= 0.6 is 0 Å². The highest BCUT2D eigenvalue weighted by molar-refractivity contribution is 5.91. The van der Waals surface area contributed by atoms with E-state index >= 15 is 0 Å². The third-order valence-electron chi connectivity index (χ3n) is 4.48. The molecule has 0 radical (unpaired) electrons. The summed E-state index contributed by atoms with van der Waals surface area (Å²) in [6, 6.07) is 25.7. The SMILES string of the molecule is COC(=O)C=C(OC)c1ccccc1C=Cc1ccc(OCc2ccccc2)cc1. The van der Waals surface area contributed by atoms with E-state index in [1.165, 1.54) is 20.3 Å². The minimum absolute atomic E-state index is 0.451. The van der Waals surface area contributed by atoms with Crippen LogP contribution < -0.4 is 4.74 Å². The first-order valence-electron chi connectivity index (χ1n) is 9.57. The van der Waals surface area contributed by atoms with E-state index in [2.05, 4.69) is 0 Å². The van der Waals surface area contributed by atoms with Gasteiger partial charge < -0.3 is 14.2 Å². The van der Waals surface area contributed by atoms with Crippen molar-refractivity contribution in [3.05, 3.63) is 107 Å². The van der Waals surface area contributed by atoms with E-state index in [-0.39, 0.29) is 0 Å². The predicted octanol–water partition coefficient (Wildman–Crippen LogP) is 5.60. The third kappa shape index (κ3) is 5.85. The summed E-state index contributed by atoms with van der Waals surface area (Å²) in [5.41, 5.74) is 3.91. The first kappa shape index (κ1) is 20.9. The highest BCUT2D eigenvalue weighted by Crippen LogP contribution is 2.23. The molecule has 0 fully saturated rings. The van der Waals surface area contributed by atoms with Gasteiger partial charge in [-0.3, -0.25) is 0 Å². The highest BCUT2D eigenvalue weighted by atomic mass is 16.5. The molecule has 4 nitrogen and oxygen atoms in total. The van der Waals surface area contributed by atoms with E-state index in [4.69, 9.17) is 14.2 Å². The van der Waals surface area contributed by atoms with Gasteiger partial charge in [0.1, 0.15) is 18.1 Å². The van der Waals surface area contributed by atoms with Crippen molar-refractivity contribution in [1.29, 1.82) is 0 Å². The van der Waals surface area contributed by atoms with Crippen LogP contribution in [0.15, 0.2) is 84.9 Å². The molecule has 0 heterocycles. The summed E-state index contributed by atoms with van der Waals surface area (Å²) in [5.74, 6) is 0.808. The van der Waals surface area contributed by atoms with Crippen LogP contribution in [0.5, 0.6) is 5.75 Å². The van der Waals surface area contributed by atoms with Gasteiger partial charge in [-0.1, -0.05) is 78.9 Å². The van der Waals surface area contributed by atoms with Gasteiger partial charge in [-0.25, -0.2) is 4.79 Å². The molecule has 0 aliphatic heterocycles. The molecule has 0 saturated carbocycles. The maximum absolute atomic E-state index is 11.6. The molecular formula is C26H24O4. The number of methoxy groups -OCH3 is 2. The quantitative estimate of drug-likeness (QED) is 0.214. The van der Waals surface area contributed by atoms with Gasteiger partial charge in [0.05, 0.1) is 20.3 Å². The number of carbonyl (C=O) groups is 1. The van der Waals surface area contributed by atoms with Crippen LogP contribution in [0.25, 0.3) is 17.9 Å². The topological polar surface area (TPSA) is 44.8 Å². The molecule has 0 saturated heterocycles. The maximum Gasteiger partial charge on any atom is 0.334 e. The van der Waals surface area contributed by atoms with Crippen molar-refractivity contribution >= 4 is 23.9 Å². The van der Waals surface area contributed by atoms with E-state index in [0.29, 0.717) is 12.4 Å². The molecule has 3 aromatic rings. The van der Waals surface area contributed by atoms with E-state index in [9.17, 15) is 4.79 Å². The molecule has 0 aromatic heterocycles. The Morgan fingerprint density at radius 1 is 0.800 bits per heavy atom. The van der Waals surface area contributed by atoms with Crippen LogP contribution in [0.2, 0.25) is 0 Å². The van der Waals surface area contributed by atoms with Crippen LogP contribution in [-0.4, -0.2) is 20.2 Å². The molecule has 0 aliphatic rings. The Kier molecular flexibility index (Phi) is 7.45. The molecule has 30 heavy (non-hydrogen) atoms. The summed E-state index contributed by atoms with van der Waals surface area (Å²) >= 11 is 0. The van der Waals surface area contributed by atoms with Crippen LogP contribution in [0.4, 0.5) is 0 Å². The number of hydrogen-bond acceptors (Lipinski definition) is 4. The normalized spacial score (nSPS) is 11.3.